The molecule has 1 aromatic carbocycles. The van der Waals surface area contributed by atoms with Crippen molar-refractivity contribution in [1.29, 1.82) is 0 Å². The SMILES string of the molecule is Cc1nc(C)n(Cc2cc(F)cc(C=CC(=O)O)c2)n1. The van der Waals surface area contributed by atoms with Crippen molar-refractivity contribution in [2.24, 2.45) is 0 Å². The van der Waals surface area contributed by atoms with Gasteiger partial charge in [0, 0.05) is 6.08 Å². The fourth-order valence-corrected chi connectivity index (χ4v) is 1.91. The van der Waals surface area contributed by atoms with Crippen LogP contribution in [0.15, 0.2) is 24.3 Å². The normalized spacial score (nSPS) is 11.2. The molecule has 0 saturated carbocycles. The maximum Gasteiger partial charge on any atom is 0.328 e. The predicted octanol–water partition coefficient (Wildman–Crippen LogP) is 2.18. The molecular weight excluding hydrogens is 261 g/mol. The van der Waals surface area contributed by atoms with Crippen LogP contribution in [0.5, 0.6) is 0 Å². The van der Waals surface area contributed by atoms with Crippen LogP contribution in [-0.2, 0) is 11.3 Å². The molecule has 104 valence electrons. The minimum atomic E-state index is -1.07. The molecule has 0 aliphatic rings. The van der Waals surface area contributed by atoms with E-state index in [2.05, 4.69) is 10.1 Å². The highest BCUT2D eigenvalue weighted by Crippen LogP contribution is 2.13. The number of aliphatic carboxylic acids is 1. The van der Waals surface area contributed by atoms with Crippen molar-refractivity contribution in [3.63, 3.8) is 0 Å². The van der Waals surface area contributed by atoms with Gasteiger partial charge in [-0.1, -0.05) is 0 Å². The monoisotopic (exact) mass is 275 g/mol. The Morgan fingerprint density at radius 1 is 1.40 bits per heavy atom. The van der Waals surface area contributed by atoms with Gasteiger partial charge in [-0.05, 0) is 49.2 Å². The number of benzene rings is 1. The molecule has 1 aromatic heterocycles. The first-order valence-electron chi connectivity index (χ1n) is 6.02. The second-order valence-corrected chi connectivity index (χ2v) is 4.43. The molecule has 0 radical (unpaired) electrons. The lowest BCUT2D eigenvalue weighted by Gasteiger charge is -2.05. The maximum atomic E-state index is 13.5. The van der Waals surface area contributed by atoms with Crippen molar-refractivity contribution in [3.8, 4) is 0 Å². The van der Waals surface area contributed by atoms with E-state index in [1.165, 1.54) is 18.2 Å². The average Bonchev–Trinajstić information content (AvgIpc) is 2.64. The Labute approximate surface area is 115 Å². The standard InChI is InChI=1S/C14H14FN3O2/c1-9-16-10(2)18(17-9)8-12-5-11(3-4-14(19)20)6-13(15)7-12/h3-7H,8H2,1-2H3,(H,19,20). The van der Waals surface area contributed by atoms with Crippen LogP contribution in [0.3, 0.4) is 0 Å². The number of rotatable bonds is 4. The lowest BCUT2D eigenvalue weighted by Crippen LogP contribution is -2.04. The van der Waals surface area contributed by atoms with Gasteiger partial charge in [-0.25, -0.2) is 18.9 Å². The van der Waals surface area contributed by atoms with E-state index in [0.717, 1.165) is 11.9 Å². The van der Waals surface area contributed by atoms with E-state index in [1.54, 1.807) is 17.7 Å². The Morgan fingerprint density at radius 3 is 2.75 bits per heavy atom. The Hall–Kier alpha value is -2.50. The fraction of sp³-hybridized carbons (Fsp3) is 0.214. The number of carboxylic acid groups (broad SMARTS) is 1. The molecule has 20 heavy (non-hydrogen) atoms. The molecule has 1 N–H and O–H groups in total. The Kier molecular flexibility index (Phi) is 3.93. The number of carboxylic acids is 1. The minimum absolute atomic E-state index is 0.387. The summed E-state index contributed by atoms with van der Waals surface area (Å²) in [5, 5.41) is 12.8. The summed E-state index contributed by atoms with van der Waals surface area (Å²) >= 11 is 0. The number of hydrogen-bond acceptors (Lipinski definition) is 3. The molecule has 2 aromatic rings. The van der Waals surface area contributed by atoms with Crippen molar-refractivity contribution in [3.05, 3.63) is 52.9 Å². The van der Waals surface area contributed by atoms with E-state index in [0.29, 0.717) is 23.5 Å². The van der Waals surface area contributed by atoms with Gasteiger partial charge in [0.1, 0.15) is 17.5 Å². The second kappa shape index (κ2) is 5.64. The summed E-state index contributed by atoms with van der Waals surface area (Å²) < 4.78 is 15.2. The molecule has 0 amide bonds. The third kappa shape index (κ3) is 3.50. The number of aryl methyl sites for hydroxylation is 2. The number of nitrogens with zero attached hydrogens (tertiary/aromatic N) is 3. The summed E-state index contributed by atoms with van der Waals surface area (Å²) in [6.45, 7) is 4.00. The average molecular weight is 275 g/mol. The smallest absolute Gasteiger partial charge is 0.328 e. The van der Waals surface area contributed by atoms with Crippen molar-refractivity contribution in [1.82, 2.24) is 14.8 Å². The van der Waals surface area contributed by atoms with Crippen LogP contribution in [-0.4, -0.2) is 25.8 Å². The first kappa shape index (κ1) is 13.9. The summed E-state index contributed by atoms with van der Waals surface area (Å²) in [5.74, 6) is -0.0834. The third-order valence-electron chi connectivity index (χ3n) is 2.69. The van der Waals surface area contributed by atoms with Crippen LogP contribution < -0.4 is 0 Å². The number of aromatic nitrogens is 3. The fourth-order valence-electron chi connectivity index (χ4n) is 1.91. The molecule has 0 unspecified atom stereocenters. The minimum Gasteiger partial charge on any atom is -0.478 e. The lowest BCUT2D eigenvalue weighted by atomic mass is 10.1. The van der Waals surface area contributed by atoms with Gasteiger partial charge < -0.3 is 5.11 Å². The van der Waals surface area contributed by atoms with Crippen LogP contribution in [0.1, 0.15) is 22.8 Å². The van der Waals surface area contributed by atoms with Crippen LogP contribution in [0.2, 0.25) is 0 Å². The van der Waals surface area contributed by atoms with Gasteiger partial charge in [-0.2, -0.15) is 5.10 Å². The summed E-state index contributed by atoms with van der Waals surface area (Å²) in [4.78, 5) is 14.7. The number of carbonyl (C=O) groups is 1. The Morgan fingerprint density at radius 2 is 2.15 bits per heavy atom. The maximum absolute atomic E-state index is 13.5. The third-order valence-corrected chi connectivity index (χ3v) is 2.69. The van der Waals surface area contributed by atoms with Crippen LogP contribution in [0.25, 0.3) is 6.08 Å². The molecule has 0 aliphatic heterocycles. The lowest BCUT2D eigenvalue weighted by molar-refractivity contribution is -0.131. The molecule has 5 nitrogen and oxygen atoms in total. The number of halogens is 1. The molecule has 0 bridgehead atoms. The van der Waals surface area contributed by atoms with Gasteiger partial charge in [0.25, 0.3) is 0 Å². The zero-order valence-electron chi connectivity index (χ0n) is 11.2. The van der Waals surface area contributed by atoms with E-state index in [1.807, 2.05) is 6.92 Å². The molecular formula is C14H14FN3O2. The van der Waals surface area contributed by atoms with E-state index < -0.39 is 11.8 Å². The molecule has 6 heteroatoms. The molecule has 0 atom stereocenters. The zero-order chi connectivity index (χ0) is 14.7. The van der Waals surface area contributed by atoms with E-state index in [4.69, 9.17) is 5.11 Å². The van der Waals surface area contributed by atoms with Gasteiger partial charge in [-0.15, -0.1) is 0 Å². The molecule has 0 spiro atoms. The van der Waals surface area contributed by atoms with Crippen LogP contribution in [0, 0.1) is 19.7 Å². The van der Waals surface area contributed by atoms with Gasteiger partial charge >= 0.3 is 5.97 Å². The summed E-state index contributed by atoms with van der Waals surface area (Å²) in [5.41, 5.74) is 1.19. The highest BCUT2D eigenvalue weighted by Gasteiger charge is 2.05. The quantitative estimate of drug-likeness (QED) is 0.868. The summed E-state index contributed by atoms with van der Waals surface area (Å²) in [7, 11) is 0. The molecule has 0 saturated heterocycles. The van der Waals surface area contributed by atoms with E-state index in [-0.39, 0.29) is 0 Å². The molecule has 0 fully saturated rings. The molecule has 0 aliphatic carbocycles. The van der Waals surface area contributed by atoms with Gasteiger partial charge in [0.05, 0.1) is 6.54 Å². The summed E-state index contributed by atoms with van der Waals surface area (Å²) in [6, 6.07) is 4.40. The van der Waals surface area contributed by atoms with Crippen LogP contribution >= 0.6 is 0 Å². The molecule has 1 heterocycles. The first-order valence-corrected chi connectivity index (χ1v) is 6.02. The Balaban J connectivity index is 2.28. The number of hydrogen-bond donors (Lipinski definition) is 1. The predicted molar refractivity (Wildman–Crippen MR) is 71.7 cm³/mol. The van der Waals surface area contributed by atoms with Crippen molar-refractivity contribution < 1.29 is 14.3 Å². The van der Waals surface area contributed by atoms with Gasteiger partial charge in [-0.3, -0.25) is 0 Å². The van der Waals surface area contributed by atoms with E-state index >= 15 is 0 Å². The highest BCUT2D eigenvalue weighted by molar-refractivity contribution is 5.85. The topological polar surface area (TPSA) is 68.0 Å². The van der Waals surface area contributed by atoms with Gasteiger partial charge in [0.2, 0.25) is 0 Å². The summed E-state index contributed by atoms with van der Waals surface area (Å²) in [6.07, 6.45) is 2.33. The largest absolute Gasteiger partial charge is 0.478 e. The molecule has 2 rings (SSSR count). The first-order chi connectivity index (χ1) is 9.44. The second-order valence-electron chi connectivity index (χ2n) is 4.43. The van der Waals surface area contributed by atoms with E-state index in [9.17, 15) is 9.18 Å². The van der Waals surface area contributed by atoms with Gasteiger partial charge in [0.15, 0.2) is 0 Å². The Bertz CT molecular complexity index is 677. The highest BCUT2D eigenvalue weighted by atomic mass is 19.1. The van der Waals surface area contributed by atoms with Crippen molar-refractivity contribution in [2.75, 3.05) is 0 Å². The van der Waals surface area contributed by atoms with Crippen LogP contribution in [0.4, 0.5) is 4.39 Å². The van der Waals surface area contributed by atoms with Crippen molar-refractivity contribution in [2.45, 2.75) is 20.4 Å². The van der Waals surface area contributed by atoms with Crippen molar-refractivity contribution >= 4 is 12.0 Å². The zero-order valence-corrected chi connectivity index (χ0v) is 11.2.